The molecule has 0 saturated carbocycles. The van der Waals surface area contributed by atoms with Crippen molar-refractivity contribution in [3.8, 4) is 0 Å². The lowest BCUT2D eigenvalue weighted by Gasteiger charge is -2.30. The highest BCUT2D eigenvalue weighted by Gasteiger charge is 2.13. The van der Waals surface area contributed by atoms with Crippen LogP contribution in [0.15, 0.2) is 30.5 Å². The fraction of sp³-hybridized carbons (Fsp3) is 0.400. The number of aryl methyl sites for hydroxylation is 1. The lowest BCUT2D eigenvalue weighted by molar-refractivity contribution is 0.590. The minimum atomic E-state index is 0. The van der Waals surface area contributed by atoms with Crippen LogP contribution in [0.5, 0.6) is 0 Å². The van der Waals surface area contributed by atoms with E-state index in [0.717, 1.165) is 38.1 Å². The lowest BCUT2D eigenvalue weighted by Crippen LogP contribution is -2.43. The van der Waals surface area contributed by atoms with E-state index in [-0.39, 0.29) is 12.4 Å². The maximum absolute atomic E-state index is 4.47. The van der Waals surface area contributed by atoms with Gasteiger partial charge in [-0.1, -0.05) is 13.0 Å². The first-order valence-corrected chi connectivity index (χ1v) is 6.72. The molecule has 3 rings (SSSR count). The van der Waals surface area contributed by atoms with E-state index in [2.05, 4.69) is 46.4 Å². The van der Waals surface area contributed by atoms with Crippen molar-refractivity contribution in [1.82, 2.24) is 10.3 Å². The van der Waals surface area contributed by atoms with Gasteiger partial charge in [0.2, 0.25) is 0 Å². The highest BCUT2D eigenvalue weighted by atomic mass is 35.5. The summed E-state index contributed by atoms with van der Waals surface area (Å²) in [5, 5.41) is 4.69. The largest absolute Gasteiger partial charge is 0.368 e. The Labute approximate surface area is 120 Å². The first kappa shape index (κ1) is 14.1. The molecule has 3 nitrogen and oxygen atoms in total. The number of piperazine rings is 1. The van der Waals surface area contributed by atoms with E-state index < -0.39 is 0 Å². The summed E-state index contributed by atoms with van der Waals surface area (Å²) in [5.41, 5.74) is 3.81. The van der Waals surface area contributed by atoms with Crippen LogP contribution in [0.4, 0.5) is 5.69 Å². The second-order valence-electron chi connectivity index (χ2n) is 4.77. The summed E-state index contributed by atoms with van der Waals surface area (Å²) in [7, 11) is 0. The zero-order chi connectivity index (χ0) is 12.4. The Morgan fingerprint density at radius 1 is 1.21 bits per heavy atom. The number of nitrogens with one attached hydrogen (secondary N) is 1. The molecule has 0 amide bonds. The summed E-state index contributed by atoms with van der Waals surface area (Å²) in [6.07, 6.45) is 3.00. The maximum Gasteiger partial charge on any atom is 0.0722 e. The standard InChI is InChI=1S/C15H19N3.ClH/c1-2-12-3-4-14-13(11-12)15(5-6-17-14)18-9-7-16-8-10-18;/h3-6,11,16H,2,7-10H2,1H3;1H. The molecule has 0 aliphatic carbocycles. The Balaban J connectivity index is 0.00000133. The summed E-state index contributed by atoms with van der Waals surface area (Å²) in [6.45, 7) is 6.49. The van der Waals surface area contributed by atoms with Crippen LogP contribution in [0.2, 0.25) is 0 Å². The second-order valence-corrected chi connectivity index (χ2v) is 4.77. The Kier molecular flexibility index (Phi) is 4.61. The normalized spacial score (nSPS) is 15.3. The molecule has 1 N–H and O–H groups in total. The zero-order valence-corrected chi connectivity index (χ0v) is 12.0. The third-order valence-electron chi connectivity index (χ3n) is 3.65. The summed E-state index contributed by atoms with van der Waals surface area (Å²) < 4.78 is 0. The summed E-state index contributed by atoms with van der Waals surface area (Å²) in [5.74, 6) is 0. The average molecular weight is 278 g/mol. The van der Waals surface area contributed by atoms with Crippen molar-refractivity contribution < 1.29 is 0 Å². The number of rotatable bonds is 2. The van der Waals surface area contributed by atoms with Crippen molar-refractivity contribution >= 4 is 29.0 Å². The minimum Gasteiger partial charge on any atom is -0.368 e. The summed E-state index contributed by atoms with van der Waals surface area (Å²) >= 11 is 0. The zero-order valence-electron chi connectivity index (χ0n) is 11.2. The predicted octanol–water partition coefficient (Wildman–Crippen LogP) is 2.63. The molecule has 1 fully saturated rings. The number of aromatic nitrogens is 1. The topological polar surface area (TPSA) is 28.2 Å². The summed E-state index contributed by atoms with van der Waals surface area (Å²) in [6, 6.07) is 8.75. The van der Waals surface area contributed by atoms with Gasteiger partial charge in [0.05, 0.1) is 5.52 Å². The van der Waals surface area contributed by atoms with Crippen LogP contribution >= 0.6 is 12.4 Å². The Bertz CT molecular complexity index is 550. The van der Waals surface area contributed by atoms with Gasteiger partial charge in [-0.3, -0.25) is 4.98 Å². The molecule has 0 atom stereocenters. The fourth-order valence-corrected chi connectivity index (χ4v) is 2.58. The maximum atomic E-state index is 4.47. The molecule has 1 aliphatic heterocycles. The van der Waals surface area contributed by atoms with Crippen molar-refractivity contribution in [2.45, 2.75) is 13.3 Å². The predicted molar refractivity (Wildman–Crippen MR) is 83.5 cm³/mol. The number of nitrogens with zero attached hydrogens (tertiary/aromatic N) is 2. The van der Waals surface area contributed by atoms with E-state index in [9.17, 15) is 0 Å². The van der Waals surface area contributed by atoms with Crippen LogP contribution in [0, 0.1) is 0 Å². The van der Waals surface area contributed by atoms with Gasteiger partial charge in [-0.25, -0.2) is 0 Å². The highest BCUT2D eigenvalue weighted by Crippen LogP contribution is 2.26. The van der Waals surface area contributed by atoms with Gasteiger partial charge in [0.1, 0.15) is 0 Å². The summed E-state index contributed by atoms with van der Waals surface area (Å²) in [4.78, 5) is 6.93. The van der Waals surface area contributed by atoms with Crippen molar-refractivity contribution in [2.24, 2.45) is 0 Å². The Morgan fingerprint density at radius 3 is 2.74 bits per heavy atom. The molecule has 1 aromatic carbocycles. The van der Waals surface area contributed by atoms with Crippen molar-refractivity contribution in [1.29, 1.82) is 0 Å². The van der Waals surface area contributed by atoms with E-state index in [4.69, 9.17) is 0 Å². The third kappa shape index (κ3) is 2.82. The van der Waals surface area contributed by atoms with Gasteiger partial charge >= 0.3 is 0 Å². The molecule has 0 radical (unpaired) electrons. The number of benzene rings is 1. The SMILES string of the molecule is CCc1ccc2nccc(N3CCNCC3)c2c1.Cl. The molecule has 0 unspecified atom stereocenters. The first-order valence-electron chi connectivity index (χ1n) is 6.72. The molecule has 2 heterocycles. The number of hydrogen-bond donors (Lipinski definition) is 1. The number of anilines is 1. The van der Waals surface area contributed by atoms with Crippen molar-refractivity contribution in [2.75, 3.05) is 31.1 Å². The van der Waals surface area contributed by atoms with E-state index >= 15 is 0 Å². The van der Waals surface area contributed by atoms with Crippen LogP contribution in [-0.2, 0) is 6.42 Å². The second kappa shape index (κ2) is 6.22. The van der Waals surface area contributed by atoms with Crippen LogP contribution < -0.4 is 10.2 Å². The lowest BCUT2D eigenvalue weighted by atomic mass is 10.1. The Hall–Kier alpha value is -1.32. The average Bonchev–Trinajstić information content (AvgIpc) is 2.47. The number of pyridine rings is 1. The molecule has 2 aromatic rings. The van der Waals surface area contributed by atoms with Gasteiger partial charge in [0, 0.05) is 43.4 Å². The van der Waals surface area contributed by atoms with Crippen LogP contribution in [-0.4, -0.2) is 31.2 Å². The first-order chi connectivity index (χ1) is 8.88. The van der Waals surface area contributed by atoms with Crippen molar-refractivity contribution in [3.63, 3.8) is 0 Å². The quantitative estimate of drug-likeness (QED) is 0.915. The van der Waals surface area contributed by atoms with Gasteiger partial charge in [-0.15, -0.1) is 12.4 Å². The van der Waals surface area contributed by atoms with Crippen LogP contribution in [0.25, 0.3) is 10.9 Å². The van der Waals surface area contributed by atoms with Crippen LogP contribution in [0.1, 0.15) is 12.5 Å². The Morgan fingerprint density at radius 2 is 2.00 bits per heavy atom. The smallest absolute Gasteiger partial charge is 0.0722 e. The van der Waals surface area contributed by atoms with Gasteiger partial charge in [-0.2, -0.15) is 0 Å². The number of hydrogen-bond acceptors (Lipinski definition) is 3. The molecule has 0 bridgehead atoms. The van der Waals surface area contributed by atoms with Gasteiger partial charge in [0.25, 0.3) is 0 Å². The van der Waals surface area contributed by atoms with Crippen LogP contribution in [0.3, 0.4) is 0 Å². The molecular weight excluding hydrogens is 258 g/mol. The van der Waals surface area contributed by atoms with Crippen molar-refractivity contribution in [3.05, 3.63) is 36.0 Å². The molecule has 4 heteroatoms. The highest BCUT2D eigenvalue weighted by molar-refractivity contribution is 5.92. The van der Waals surface area contributed by atoms with E-state index in [1.807, 2.05) is 6.20 Å². The van der Waals surface area contributed by atoms with Gasteiger partial charge in [-0.05, 0) is 30.2 Å². The third-order valence-corrected chi connectivity index (χ3v) is 3.65. The van der Waals surface area contributed by atoms with E-state index in [0.29, 0.717) is 0 Å². The molecule has 102 valence electrons. The molecule has 1 saturated heterocycles. The van der Waals surface area contributed by atoms with E-state index in [1.165, 1.54) is 16.6 Å². The molecular formula is C15H20ClN3. The minimum absolute atomic E-state index is 0. The molecule has 19 heavy (non-hydrogen) atoms. The number of fused-ring (bicyclic) bond motifs is 1. The molecule has 0 spiro atoms. The fourth-order valence-electron chi connectivity index (χ4n) is 2.58. The number of halogens is 1. The van der Waals surface area contributed by atoms with E-state index in [1.54, 1.807) is 0 Å². The molecule has 1 aliphatic rings. The monoisotopic (exact) mass is 277 g/mol. The van der Waals surface area contributed by atoms with Gasteiger partial charge < -0.3 is 10.2 Å². The molecule has 1 aromatic heterocycles. The van der Waals surface area contributed by atoms with Gasteiger partial charge in [0.15, 0.2) is 0 Å².